The van der Waals surface area contributed by atoms with Crippen LogP contribution in [0.25, 0.3) is 0 Å². The molecule has 1 amide bonds. The van der Waals surface area contributed by atoms with Gasteiger partial charge >= 0.3 is 0 Å². The third-order valence-corrected chi connectivity index (χ3v) is 7.82. The SMILES string of the molecule is COCCOc1ccc(Cl)cc1C(=O)NC1N=C(c2c(Cl)cc(Cl)cc2CN2CCOCC2)c2ccccc2CC1=O. The summed E-state index contributed by atoms with van der Waals surface area (Å²) in [5, 5.41) is 4.06. The number of aliphatic imine (C=N–C) groups is 1. The Morgan fingerprint density at radius 1 is 1.05 bits per heavy atom. The van der Waals surface area contributed by atoms with Gasteiger partial charge in [-0.1, -0.05) is 59.1 Å². The Hall–Kier alpha value is -2.98. The third kappa shape index (κ3) is 7.14. The van der Waals surface area contributed by atoms with Crippen LogP contribution in [-0.2, 0) is 27.2 Å². The number of nitrogens with zero attached hydrogens (tertiary/aromatic N) is 2. The smallest absolute Gasteiger partial charge is 0.257 e. The molecule has 1 N–H and O–H groups in total. The van der Waals surface area contributed by atoms with E-state index in [0.717, 1.165) is 29.8 Å². The van der Waals surface area contributed by atoms with E-state index in [4.69, 9.17) is 54.0 Å². The highest BCUT2D eigenvalue weighted by atomic mass is 35.5. The van der Waals surface area contributed by atoms with E-state index in [9.17, 15) is 9.59 Å². The fourth-order valence-electron chi connectivity index (χ4n) is 5.03. The molecule has 2 heterocycles. The van der Waals surface area contributed by atoms with Gasteiger partial charge in [-0.15, -0.1) is 0 Å². The molecule has 42 heavy (non-hydrogen) atoms. The number of carbonyl (C=O) groups is 2. The van der Waals surface area contributed by atoms with E-state index in [0.29, 0.717) is 58.5 Å². The first-order valence-corrected chi connectivity index (χ1v) is 14.7. The predicted octanol–water partition coefficient (Wildman–Crippen LogP) is 5.22. The van der Waals surface area contributed by atoms with Crippen LogP contribution in [0.1, 0.15) is 32.6 Å². The first kappa shape index (κ1) is 30.5. The number of benzene rings is 3. The number of ether oxygens (including phenoxy) is 3. The van der Waals surface area contributed by atoms with Crippen molar-refractivity contribution in [3.05, 3.63) is 97.5 Å². The van der Waals surface area contributed by atoms with Gasteiger partial charge in [0.05, 0.1) is 36.1 Å². The van der Waals surface area contributed by atoms with Gasteiger partial charge in [0.1, 0.15) is 12.4 Å². The molecule has 2 aliphatic heterocycles. The largest absolute Gasteiger partial charge is 0.490 e. The van der Waals surface area contributed by atoms with Crippen molar-refractivity contribution in [1.82, 2.24) is 10.2 Å². The Bertz CT molecular complexity index is 1510. The molecule has 11 heteroatoms. The monoisotopic (exact) mass is 629 g/mol. The summed E-state index contributed by atoms with van der Waals surface area (Å²) in [5.41, 5.74) is 3.78. The van der Waals surface area contributed by atoms with Crippen molar-refractivity contribution >= 4 is 52.2 Å². The van der Waals surface area contributed by atoms with E-state index in [2.05, 4.69) is 10.2 Å². The number of ketones is 1. The van der Waals surface area contributed by atoms with Gasteiger partial charge in [0.15, 0.2) is 11.9 Å². The van der Waals surface area contributed by atoms with Crippen LogP contribution in [0.15, 0.2) is 59.6 Å². The van der Waals surface area contributed by atoms with Crippen LogP contribution >= 0.6 is 34.8 Å². The molecule has 0 radical (unpaired) electrons. The maximum Gasteiger partial charge on any atom is 0.257 e. The van der Waals surface area contributed by atoms with Gasteiger partial charge in [0, 0.05) is 54.3 Å². The lowest BCUT2D eigenvalue weighted by atomic mass is 9.93. The van der Waals surface area contributed by atoms with Gasteiger partial charge in [0.25, 0.3) is 5.91 Å². The van der Waals surface area contributed by atoms with Crippen molar-refractivity contribution in [3.8, 4) is 5.75 Å². The molecule has 2 aliphatic rings. The second-order valence-corrected chi connectivity index (χ2v) is 11.2. The number of hydrogen-bond donors (Lipinski definition) is 1. The number of Topliss-reactive ketones (excluding diaryl/α,β-unsaturated/α-hetero) is 1. The van der Waals surface area contributed by atoms with E-state index < -0.39 is 12.1 Å². The summed E-state index contributed by atoms with van der Waals surface area (Å²) in [6.07, 6.45) is -1.11. The lowest BCUT2D eigenvalue weighted by Crippen LogP contribution is -2.40. The summed E-state index contributed by atoms with van der Waals surface area (Å²) in [7, 11) is 1.56. The zero-order chi connectivity index (χ0) is 29.6. The molecule has 3 aromatic carbocycles. The Morgan fingerprint density at radius 2 is 1.83 bits per heavy atom. The highest BCUT2D eigenvalue weighted by Crippen LogP contribution is 2.32. The van der Waals surface area contributed by atoms with Crippen LogP contribution < -0.4 is 10.1 Å². The summed E-state index contributed by atoms with van der Waals surface area (Å²) in [6, 6.07) is 15.8. The number of carbonyl (C=O) groups excluding carboxylic acids is 2. The zero-order valence-electron chi connectivity index (χ0n) is 23.0. The summed E-state index contributed by atoms with van der Waals surface area (Å²) in [5.74, 6) is -0.501. The number of amides is 1. The minimum Gasteiger partial charge on any atom is -0.490 e. The van der Waals surface area contributed by atoms with Crippen molar-refractivity contribution in [2.24, 2.45) is 4.99 Å². The number of hydrogen-bond acceptors (Lipinski definition) is 7. The zero-order valence-corrected chi connectivity index (χ0v) is 25.3. The quantitative estimate of drug-likeness (QED) is 0.326. The number of rotatable bonds is 9. The average Bonchev–Trinajstić information content (AvgIpc) is 3.10. The van der Waals surface area contributed by atoms with Crippen molar-refractivity contribution in [2.75, 3.05) is 46.6 Å². The number of nitrogens with one attached hydrogen (secondary N) is 1. The molecule has 1 saturated heterocycles. The standard InChI is InChI=1S/C31H30Cl3N3O5/c1-40-12-13-42-27-7-6-21(32)16-24(27)31(39)36-30-26(38)15-19-4-2-3-5-23(19)29(35-30)28-20(14-22(33)17-25(28)34)18-37-8-10-41-11-9-37/h2-7,14,16-17,30H,8-13,15,18H2,1H3,(H,36,39). The molecule has 0 saturated carbocycles. The highest BCUT2D eigenvalue weighted by Gasteiger charge is 2.30. The molecule has 0 spiro atoms. The molecule has 0 aromatic heterocycles. The molecule has 0 bridgehead atoms. The maximum absolute atomic E-state index is 13.6. The second-order valence-electron chi connectivity index (χ2n) is 9.95. The molecule has 1 fully saturated rings. The first-order valence-electron chi connectivity index (χ1n) is 13.5. The molecule has 5 rings (SSSR count). The summed E-state index contributed by atoms with van der Waals surface area (Å²) in [6.45, 7) is 3.93. The molecule has 8 nitrogen and oxygen atoms in total. The molecular weight excluding hydrogens is 601 g/mol. The molecule has 0 aliphatic carbocycles. The van der Waals surface area contributed by atoms with E-state index in [1.165, 1.54) is 6.07 Å². The minimum atomic E-state index is -1.19. The summed E-state index contributed by atoms with van der Waals surface area (Å²) in [4.78, 5) is 34.3. The van der Waals surface area contributed by atoms with Crippen molar-refractivity contribution in [3.63, 3.8) is 0 Å². The minimum absolute atomic E-state index is 0.0743. The van der Waals surface area contributed by atoms with Gasteiger partial charge < -0.3 is 19.5 Å². The van der Waals surface area contributed by atoms with Crippen LogP contribution in [0.4, 0.5) is 0 Å². The van der Waals surface area contributed by atoms with E-state index in [1.54, 1.807) is 25.3 Å². The number of methoxy groups -OCH3 is 1. The average molecular weight is 631 g/mol. The highest BCUT2D eigenvalue weighted by molar-refractivity contribution is 6.38. The van der Waals surface area contributed by atoms with E-state index in [1.807, 2.05) is 30.3 Å². The van der Waals surface area contributed by atoms with Crippen molar-refractivity contribution < 1.29 is 23.8 Å². The van der Waals surface area contributed by atoms with Crippen LogP contribution in [0.2, 0.25) is 15.1 Å². The second kappa shape index (κ2) is 14.0. The van der Waals surface area contributed by atoms with E-state index in [-0.39, 0.29) is 24.4 Å². The van der Waals surface area contributed by atoms with Crippen LogP contribution in [0, 0.1) is 0 Å². The molecule has 1 atom stereocenters. The van der Waals surface area contributed by atoms with Crippen LogP contribution in [-0.4, -0.2) is 75.1 Å². The Balaban J connectivity index is 1.55. The first-order chi connectivity index (χ1) is 20.3. The number of halogens is 3. The third-order valence-electron chi connectivity index (χ3n) is 7.07. The lowest BCUT2D eigenvalue weighted by molar-refractivity contribution is -0.120. The topological polar surface area (TPSA) is 89.5 Å². The van der Waals surface area contributed by atoms with Gasteiger partial charge in [-0.05, 0) is 41.5 Å². The Labute approximate surface area is 259 Å². The van der Waals surface area contributed by atoms with E-state index >= 15 is 0 Å². The molecule has 220 valence electrons. The van der Waals surface area contributed by atoms with Crippen molar-refractivity contribution in [2.45, 2.75) is 19.1 Å². The fraction of sp³-hybridized carbons (Fsp3) is 0.323. The lowest BCUT2D eigenvalue weighted by Gasteiger charge is -2.28. The number of morpholine rings is 1. The molecule has 1 unspecified atom stereocenters. The van der Waals surface area contributed by atoms with Gasteiger partial charge in [-0.3, -0.25) is 19.5 Å². The summed E-state index contributed by atoms with van der Waals surface area (Å²) < 4.78 is 16.3. The molecular formula is C31H30Cl3N3O5. The number of fused-ring (bicyclic) bond motifs is 1. The Kier molecular flexibility index (Phi) is 10.2. The van der Waals surface area contributed by atoms with Gasteiger partial charge in [-0.25, -0.2) is 0 Å². The van der Waals surface area contributed by atoms with Crippen molar-refractivity contribution in [1.29, 1.82) is 0 Å². The van der Waals surface area contributed by atoms with Gasteiger partial charge in [0.2, 0.25) is 0 Å². The summed E-state index contributed by atoms with van der Waals surface area (Å²) >= 11 is 19.6. The van der Waals surface area contributed by atoms with Crippen LogP contribution in [0.5, 0.6) is 5.75 Å². The Morgan fingerprint density at radius 3 is 2.62 bits per heavy atom. The van der Waals surface area contributed by atoms with Gasteiger partial charge in [-0.2, -0.15) is 0 Å². The van der Waals surface area contributed by atoms with Crippen LogP contribution in [0.3, 0.4) is 0 Å². The normalized spacial score (nSPS) is 17.3. The maximum atomic E-state index is 13.6. The predicted molar refractivity (Wildman–Crippen MR) is 163 cm³/mol. The molecule has 3 aromatic rings. The fourth-order valence-corrected chi connectivity index (χ4v) is 5.83.